The first kappa shape index (κ1) is 22.6. The van der Waals surface area contributed by atoms with Crippen molar-refractivity contribution in [1.82, 2.24) is 20.5 Å². The molecule has 8 heteroatoms. The number of pyridine rings is 1. The average molecular weight is 469 g/mol. The predicted molar refractivity (Wildman–Crippen MR) is 128 cm³/mol. The van der Waals surface area contributed by atoms with Crippen molar-refractivity contribution >= 4 is 23.6 Å². The highest BCUT2D eigenvalue weighted by Crippen LogP contribution is 2.31. The molecule has 1 fully saturated rings. The Hall–Kier alpha value is -4.17. The maximum atomic E-state index is 13.0. The molecule has 1 saturated heterocycles. The van der Waals surface area contributed by atoms with Gasteiger partial charge in [-0.3, -0.25) is 34.4 Å². The van der Waals surface area contributed by atoms with E-state index in [9.17, 15) is 19.2 Å². The van der Waals surface area contributed by atoms with E-state index >= 15 is 0 Å². The molecular weight excluding hydrogens is 444 g/mol. The van der Waals surface area contributed by atoms with Crippen LogP contribution in [0.1, 0.15) is 44.7 Å². The van der Waals surface area contributed by atoms with Crippen LogP contribution in [0.25, 0.3) is 11.1 Å². The molecule has 0 bridgehead atoms. The van der Waals surface area contributed by atoms with Crippen molar-refractivity contribution in [2.75, 3.05) is 6.54 Å². The molecule has 8 nitrogen and oxygen atoms in total. The number of nitrogens with zero attached hydrogens (tertiary/aromatic N) is 2. The van der Waals surface area contributed by atoms with Crippen LogP contribution >= 0.6 is 0 Å². The Balaban J connectivity index is 1.25. The summed E-state index contributed by atoms with van der Waals surface area (Å²) in [6.07, 6.45) is 4.72. The Morgan fingerprint density at radius 2 is 1.69 bits per heavy atom. The summed E-state index contributed by atoms with van der Waals surface area (Å²) in [7, 11) is 0. The van der Waals surface area contributed by atoms with E-state index in [4.69, 9.17) is 0 Å². The van der Waals surface area contributed by atoms with Crippen molar-refractivity contribution in [3.8, 4) is 11.1 Å². The van der Waals surface area contributed by atoms with E-state index in [1.807, 2.05) is 36.5 Å². The SMILES string of the molecule is O=C1CCC(N2C(=O)c3ccc(-c4ccc(CCNCc5cccnc5)cc4)cc3C2=O)C(=O)N1. The molecule has 2 aliphatic rings. The van der Waals surface area contributed by atoms with E-state index in [0.717, 1.165) is 41.1 Å². The molecule has 2 N–H and O–H groups in total. The highest BCUT2D eigenvalue weighted by molar-refractivity contribution is 6.23. The van der Waals surface area contributed by atoms with Crippen molar-refractivity contribution in [3.63, 3.8) is 0 Å². The molecule has 1 aromatic heterocycles. The second-order valence-corrected chi connectivity index (χ2v) is 8.69. The molecule has 0 spiro atoms. The van der Waals surface area contributed by atoms with Crippen molar-refractivity contribution in [2.45, 2.75) is 31.8 Å². The summed E-state index contributed by atoms with van der Waals surface area (Å²) >= 11 is 0. The molecule has 3 heterocycles. The van der Waals surface area contributed by atoms with Crippen LogP contribution in [0.3, 0.4) is 0 Å². The van der Waals surface area contributed by atoms with Gasteiger partial charge in [0.25, 0.3) is 11.8 Å². The van der Waals surface area contributed by atoms with Crippen LogP contribution in [0.4, 0.5) is 0 Å². The number of benzene rings is 2. The van der Waals surface area contributed by atoms with Gasteiger partial charge in [-0.1, -0.05) is 36.4 Å². The zero-order valence-electron chi connectivity index (χ0n) is 19.0. The van der Waals surface area contributed by atoms with Gasteiger partial charge in [0.1, 0.15) is 6.04 Å². The summed E-state index contributed by atoms with van der Waals surface area (Å²) < 4.78 is 0. The van der Waals surface area contributed by atoms with Gasteiger partial charge in [-0.15, -0.1) is 0 Å². The van der Waals surface area contributed by atoms with Crippen LogP contribution in [0.5, 0.6) is 0 Å². The Morgan fingerprint density at radius 3 is 2.43 bits per heavy atom. The number of aromatic nitrogens is 1. The maximum Gasteiger partial charge on any atom is 0.262 e. The van der Waals surface area contributed by atoms with E-state index in [0.29, 0.717) is 0 Å². The smallest absolute Gasteiger partial charge is 0.262 e. The van der Waals surface area contributed by atoms with Crippen molar-refractivity contribution < 1.29 is 19.2 Å². The zero-order chi connectivity index (χ0) is 24.4. The molecule has 1 atom stereocenters. The minimum absolute atomic E-state index is 0.0976. The highest BCUT2D eigenvalue weighted by atomic mass is 16.2. The number of hydrogen-bond donors (Lipinski definition) is 2. The fraction of sp³-hybridized carbons (Fsp3) is 0.222. The molecule has 176 valence electrons. The van der Waals surface area contributed by atoms with Crippen LogP contribution in [0.2, 0.25) is 0 Å². The van der Waals surface area contributed by atoms with Gasteiger partial charge < -0.3 is 5.32 Å². The van der Waals surface area contributed by atoms with Gasteiger partial charge in [-0.25, -0.2) is 0 Å². The second kappa shape index (κ2) is 9.60. The maximum absolute atomic E-state index is 13.0. The summed E-state index contributed by atoms with van der Waals surface area (Å²) in [4.78, 5) is 54.7. The summed E-state index contributed by atoms with van der Waals surface area (Å²) in [6, 6.07) is 16.2. The van der Waals surface area contributed by atoms with Crippen LogP contribution in [-0.2, 0) is 22.6 Å². The lowest BCUT2D eigenvalue weighted by Gasteiger charge is -2.27. The highest BCUT2D eigenvalue weighted by Gasteiger charge is 2.44. The van der Waals surface area contributed by atoms with E-state index in [-0.39, 0.29) is 24.0 Å². The monoisotopic (exact) mass is 468 g/mol. The van der Waals surface area contributed by atoms with Crippen LogP contribution < -0.4 is 10.6 Å². The number of fused-ring (bicyclic) bond motifs is 1. The number of piperidine rings is 1. The Bertz CT molecular complexity index is 1300. The lowest BCUT2D eigenvalue weighted by atomic mass is 9.99. The van der Waals surface area contributed by atoms with E-state index < -0.39 is 29.7 Å². The van der Waals surface area contributed by atoms with Gasteiger partial charge >= 0.3 is 0 Å². The standard InChI is InChI=1S/C27H24N4O4/c32-24-10-9-23(25(33)30-24)31-26(34)21-8-7-20(14-22(21)27(31)35)19-5-3-17(4-6-19)11-13-29-16-18-2-1-12-28-15-18/h1-8,12,14-15,23,29H,9-11,13,16H2,(H,30,32,33). The quantitative estimate of drug-likeness (QED) is 0.407. The topological polar surface area (TPSA) is 108 Å². The molecule has 0 radical (unpaired) electrons. The first-order valence-electron chi connectivity index (χ1n) is 11.6. The van der Waals surface area contributed by atoms with Gasteiger partial charge in [0, 0.05) is 25.4 Å². The average Bonchev–Trinajstić information content (AvgIpc) is 3.12. The molecule has 5 rings (SSSR count). The third kappa shape index (κ3) is 4.61. The summed E-state index contributed by atoms with van der Waals surface area (Å²) in [5, 5.41) is 5.62. The minimum Gasteiger partial charge on any atom is -0.312 e. The number of amides is 4. The fourth-order valence-electron chi connectivity index (χ4n) is 4.48. The molecule has 3 aromatic rings. The molecule has 0 aliphatic carbocycles. The lowest BCUT2D eigenvalue weighted by Crippen LogP contribution is -2.54. The van der Waals surface area contributed by atoms with E-state index in [2.05, 4.69) is 27.8 Å². The first-order chi connectivity index (χ1) is 17.0. The predicted octanol–water partition coefficient (Wildman–Crippen LogP) is 2.48. The number of rotatable bonds is 7. The van der Waals surface area contributed by atoms with E-state index in [1.54, 1.807) is 18.3 Å². The molecular formula is C27H24N4O4. The number of carbonyl (C=O) groups excluding carboxylic acids is 4. The van der Waals surface area contributed by atoms with E-state index in [1.165, 1.54) is 5.56 Å². The largest absolute Gasteiger partial charge is 0.312 e. The van der Waals surface area contributed by atoms with Crippen LogP contribution in [0.15, 0.2) is 67.0 Å². The molecule has 2 aliphatic heterocycles. The third-order valence-corrected chi connectivity index (χ3v) is 6.37. The third-order valence-electron chi connectivity index (χ3n) is 6.37. The zero-order valence-corrected chi connectivity index (χ0v) is 19.0. The molecule has 4 amide bonds. The van der Waals surface area contributed by atoms with Crippen LogP contribution in [-0.4, -0.2) is 46.1 Å². The van der Waals surface area contributed by atoms with Crippen LogP contribution in [0, 0.1) is 0 Å². The molecule has 1 unspecified atom stereocenters. The van der Waals surface area contributed by atoms with Gasteiger partial charge in [0.15, 0.2) is 0 Å². The Kier molecular flexibility index (Phi) is 6.20. The number of imide groups is 2. The number of carbonyl (C=O) groups is 4. The molecule has 0 saturated carbocycles. The second-order valence-electron chi connectivity index (χ2n) is 8.69. The van der Waals surface area contributed by atoms with Gasteiger partial charge in [0.2, 0.25) is 11.8 Å². The van der Waals surface area contributed by atoms with Gasteiger partial charge in [-0.05, 0) is 59.8 Å². The summed E-state index contributed by atoms with van der Waals surface area (Å²) in [6.45, 7) is 1.60. The summed E-state index contributed by atoms with van der Waals surface area (Å²) in [5.41, 5.74) is 4.63. The Labute approximate surface area is 202 Å². The fourth-order valence-corrected chi connectivity index (χ4v) is 4.48. The van der Waals surface area contributed by atoms with Crippen molar-refractivity contribution in [3.05, 3.63) is 89.2 Å². The Morgan fingerprint density at radius 1 is 0.914 bits per heavy atom. The molecule has 35 heavy (non-hydrogen) atoms. The lowest BCUT2D eigenvalue weighted by molar-refractivity contribution is -0.136. The van der Waals surface area contributed by atoms with Gasteiger partial charge in [-0.2, -0.15) is 0 Å². The van der Waals surface area contributed by atoms with Gasteiger partial charge in [0.05, 0.1) is 11.1 Å². The normalized spacial score (nSPS) is 17.5. The number of hydrogen-bond acceptors (Lipinski definition) is 6. The van der Waals surface area contributed by atoms with Crippen molar-refractivity contribution in [2.24, 2.45) is 0 Å². The summed E-state index contributed by atoms with van der Waals surface area (Å²) in [5.74, 6) is -2.00. The number of nitrogens with one attached hydrogen (secondary N) is 2. The first-order valence-corrected chi connectivity index (χ1v) is 11.6. The van der Waals surface area contributed by atoms with Crippen molar-refractivity contribution in [1.29, 1.82) is 0 Å². The molecule has 2 aromatic carbocycles. The minimum atomic E-state index is -0.963.